The first-order chi connectivity index (χ1) is 8.87. The number of unbranched alkanes of at least 4 members (excludes halogenated alkanes) is 2. The fourth-order valence-corrected chi connectivity index (χ4v) is 2.78. The van der Waals surface area contributed by atoms with E-state index in [-0.39, 0.29) is 11.9 Å². The summed E-state index contributed by atoms with van der Waals surface area (Å²) < 4.78 is 0. The monoisotopic (exact) mass is 286 g/mol. The molecule has 112 valence electrons. The SMILES string of the molecule is CCCCCN(C(=O)C(CC)(CC)C(N)=S)C(C)C. The van der Waals surface area contributed by atoms with Gasteiger partial charge in [0.05, 0.1) is 10.4 Å². The van der Waals surface area contributed by atoms with E-state index >= 15 is 0 Å². The van der Waals surface area contributed by atoms with Crippen molar-refractivity contribution in [1.29, 1.82) is 0 Å². The van der Waals surface area contributed by atoms with E-state index in [0.29, 0.717) is 17.8 Å². The summed E-state index contributed by atoms with van der Waals surface area (Å²) in [5.74, 6) is 0.108. The van der Waals surface area contributed by atoms with Crippen LogP contribution in [0.2, 0.25) is 0 Å². The summed E-state index contributed by atoms with van der Waals surface area (Å²) in [6, 6.07) is 0.191. The Morgan fingerprint density at radius 1 is 1.21 bits per heavy atom. The number of thiocarbonyl (C=S) groups is 1. The van der Waals surface area contributed by atoms with Gasteiger partial charge in [0.25, 0.3) is 0 Å². The second-order valence-electron chi connectivity index (χ2n) is 5.45. The maximum Gasteiger partial charge on any atom is 0.235 e. The first-order valence-electron chi connectivity index (χ1n) is 7.48. The molecule has 0 heterocycles. The van der Waals surface area contributed by atoms with Crippen LogP contribution >= 0.6 is 12.2 Å². The van der Waals surface area contributed by atoms with Crippen LogP contribution in [0.5, 0.6) is 0 Å². The van der Waals surface area contributed by atoms with Gasteiger partial charge in [-0.25, -0.2) is 0 Å². The zero-order valence-electron chi connectivity index (χ0n) is 13.2. The molecule has 19 heavy (non-hydrogen) atoms. The van der Waals surface area contributed by atoms with Crippen LogP contribution in [-0.2, 0) is 4.79 Å². The Kier molecular flexibility index (Phi) is 8.23. The van der Waals surface area contributed by atoms with E-state index < -0.39 is 5.41 Å². The molecule has 0 saturated carbocycles. The molecule has 2 N–H and O–H groups in total. The molecule has 0 spiro atoms. The minimum atomic E-state index is -0.661. The summed E-state index contributed by atoms with van der Waals surface area (Å²) in [6.07, 6.45) is 4.70. The van der Waals surface area contributed by atoms with Crippen LogP contribution < -0.4 is 5.73 Å². The van der Waals surface area contributed by atoms with Crippen LogP contribution in [0.25, 0.3) is 0 Å². The molecule has 0 aliphatic heterocycles. The second kappa shape index (κ2) is 8.51. The number of carbonyl (C=O) groups excluding carboxylic acids is 1. The summed E-state index contributed by atoms with van der Waals surface area (Å²) in [6.45, 7) is 11.1. The van der Waals surface area contributed by atoms with Crippen molar-refractivity contribution in [3.05, 3.63) is 0 Å². The molecule has 0 atom stereocenters. The molecule has 0 bridgehead atoms. The van der Waals surface area contributed by atoms with Crippen molar-refractivity contribution in [1.82, 2.24) is 4.90 Å². The van der Waals surface area contributed by atoms with E-state index in [1.165, 1.54) is 0 Å². The minimum Gasteiger partial charge on any atom is -0.392 e. The number of hydrogen-bond acceptors (Lipinski definition) is 2. The zero-order chi connectivity index (χ0) is 15.1. The predicted octanol–water partition coefficient (Wildman–Crippen LogP) is 3.51. The normalized spacial score (nSPS) is 11.7. The fraction of sp³-hybridized carbons (Fsp3) is 0.867. The van der Waals surface area contributed by atoms with Crippen molar-refractivity contribution in [2.45, 2.75) is 72.8 Å². The van der Waals surface area contributed by atoms with E-state index in [1.54, 1.807) is 0 Å². The van der Waals surface area contributed by atoms with Gasteiger partial charge in [-0.1, -0.05) is 45.8 Å². The molecule has 0 aliphatic carbocycles. The largest absolute Gasteiger partial charge is 0.392 e. The standard InChI is InChI=1S/C15H30N2OS/c1-6-9-10-11-17(12(4)5)14(18)15(7-2,8-3)13(16)19/h12H,6-11H2,1-5H3,(H2,16,19). The Bertz CT molecular complexity index is 299. The third-order valence-corrected chi connectivity index (χ3v) is 4.37. The van der Waals surface area contributed by atoms with E-state index in [1.807, 2.05) is 18.7 Å². The molecule has 0 aromatic rings. The van der Waals surface area contributed by atoms with Gasteiger partial charge >= 0.3 is 0 Å². The summed E-state index contributed by atoms with van der Waals surface area (Å²) >= 11 is 5.18. The number of nitrogens with zero attached hydrogens (tertiary/aromatic N) is 1. The van der Waals surface area contributed by atoms with Crippen LogP contribution in [0.4, 0.5) is 0 Å². The molecule has 0 aromatic carbocycles. The third kappa shape index (κ3) is 4.44. The van der Waals surface area contributed by atoms with Gasteiger partial charge in [0, 0.05) is 12.6 Å². The third-order valence-electron chi connectivity index (χ3n) is 3.97. The molecule has 0 fully saturated rings. The number of amides is 1. The highest BCUT2D eigenvalue weighted by Crippen LogP contribution is 2.30. The van der Waals surface area contributed by atoms with E-state index in [2.05, 4.69) is 20.8 Å². The van der Waals surface area contributed by atoms with Crippen molar-refractivity contribution >= 4 is 23.1 Å². The molecular formula is C15H30N2OS. The van der Waals surface area contributed by atoms with Gasteiger partial charge in [-0.2, -0.15) is 0 Å². The summed E-state index contributed by atoms with van der Waals surface area (Å²) in [5.41, 5.74) is 5.21. The maximum absolute atomic E-state index is 12.9. The van der Waals surface area contributed by atoms with Gasteiger partial charge in [-0.05, 0) is 33.1 Å². The van der Waals surface area contributed by atoms with Crippen molar-refractivity contribution in [2.75, 3.05) is 6.54 Å². The Morgan fingerprint density at radius 2 is 1.74 bits per heavy atom. The van der Waals surface area contributed by atoms with Gasteiger partial charge in [0.15, 0.2) is 0 Å². The summed E-state index contributed by atoms with van der Waals surface area (Å²) in [5, 5.41) is 0. The first kappa shape index (κ1) is 18.4. The molecule has 0 radical (unpaired) electrons. The smallest absolute Gasteiger partial charge is 0.235 e. The first-order valence-corrected chi connectivity index (χ1v) is 7.89. The second-order valence-corrected chi connectivity index (χ2v) is 5.89. The molecule has 0 aromatic heterocycles. The zero-order valence-corrected chi connectivity index (χ0v) is 14.0. The quantitative estimate of drug-likeness (QED) is 0.521. The predicted molar refractivity (Wildman–Crippen MR) is 86.2 cm³/mol. The maximum atomic E-state index is 12.9. The lowest BCUT2D eigenvalue weighted by Gasteiger charge is -2.37. The average Bonchev–Trinajstić information content (AvgIpc) is 2.35. The molecule has 0 saturated heterocycles. The Labute approximate surface area is 123 Å². The van der Waals surface area contributed by atoms with Crippen molar-refractivity contribution < 1.29 is 4.79 Å². The Balaban J connectivity index is 5.09. The van der Waals surface area contributed by atoms with Crippen molar-refractivity contribution in [2.24, 2.45) is 11.1 Å². The van der Waals surface area contributed by atoms with E-state index in [9.17, 15) is 4.79 Å². The van der Waals surface area contributed by atoms with Crippen molar-refractivity contribution in [3.63, 3.8) is 0 Å². The molecule has 4 heteroatoms. The Hall–Kier alpha value is -0.640. The van der Waals surface area contributed by atoms with Crippen LogP contribution in [0, 0.1) is 5.41 Å². The molecular weight excluding hydrogens is 256 g/mol. The minimum absolute atomic E-state index is 0.108. The number of nitrogens with two attached hydrogens (primary N) is 1. The van der Waals surface area contributed by atoms with Gasteiger partial charge in [0.1, 0.15) is 0 Å². The van der Waals surface area contributed by atoms with E-state index in [0.717, 1.165) is 25.8 Å². The lowest BCUT2D eigenvalue weighted by Crippen LogP contribution is -2.52. The summed E-state index contributed by atoms with van der Waals surface area (Å²) in [4.78, 5) is 15.1. The topological polar surface area (TPSA) is 46.3 Å². The van der Waals surface area contributed by atoms with Gasteiger partial charge in [0.2, 0.25) is 5.91 Å². The number of rotatable bonds is 9. The van der Waals surface area contributed by atoms with Gasteiger partial charge < -0.3 is 10.6 Å². The molecule has 3 nitrogen and oxygen atoms in total. The highest BCUT2D eigenvalue weighted by molar-refractivity contribution is 7.80. The van der Waals surface area contributed by atoms with E-state index in [4.69, 9.17) is 18.0 Å². The van der Waals surface area contributed by atoms with Crippen LogP contribution in [0.1, 0.15) is 66.7 Å². The van der Waals surface area contributed by atoms with Gasteiger partial charge in [-0.15, -0.1) is 0 Å². The fourth-order valence-electron chi connectivity index (χ4n) is 2.41. The van der Waals surface area contributed by atoms with Crippen LogP contribution in [0.3, 0.4) is 0 Å². The highest BCUT2D eigenvalue weighted by atomic mass is 32.1. The van der Waals surface area contributed by atoms with Gasteiger partial charge in [-0.3, -0.25) is 4.79 Å². The molecule has 1 amide bonds. The number of carbonyl (C=O) groups is 1. The highest BCUT2D eigenvalue weighted by Gasteiger charge is 2.41. The Morgan fingerprint density at radius 3 is 2.05 bits per heavy atom. The van der Waals surface area contributed by atoms with Crippen LogP contribution in [0.15, 0.2) is 0 Å². The lowest BCUT2D eigenvalue weighted by atomic mass is 9.80. The lowest BCUT2D eigenvalue weighted by molar-refractivity contribution is -0.140. The molecule has 0 unspecified atom stereocenters. The molecule has 0 rings (SSSR count). The summed E-state index contributed by atoms with van der Waals surface area (Å²) in [7, 11) is 0. The van der Waals surface area contributed by atoms with Crippen molar-refractivity contribution in [3.8, 4) is 0 Å². The van der Waals surface area contributed by atoms with Crippen LogP contribution in [-0.4, -0.2) is 28.4 Å². The molecule has 0 aliphatic rings. The number of hydrogen-bond donors (Lipinski definition) is 1. The average molecular weight is 286 g/mol.